The van der Waals surface area contributed by atoms with Gasteiger partial charge in [-0.2, -0.15) is 13.2 Å². The molecule has 2 fully saturated rings. The zero-order chi connectivity index (χ0) is 24.3. The minimum absolute atomic E-state index is 0.0890. The Labute approximate surface area is 198 Å². The Balaban J connectivity index is 1.28. The third kappa shape index (κ3) is 5.78. The van der Waals surface area contributed by atoms with Crippen molar-refractivity contribution in [3.05, 3.63) is 53.9 Å². The summed E-state index contributed by atoms with van der Waals surface area (Å²) in [6.45, 7) is 7.56. The standard InChI is InChI=1S/C24H31F3N6O/c1-17-15-33(18(2)14-32(17)22-28-12-20(13-29-22)24(25,26)27)23(34)30-21-8-10-31(11-9-21)16-19-6-4-3-5-7-19/h3-7,12-13,17-18,21H,8-11,14-16H2,1-2H3,(H,30,34)/t17-,18+/m1/s1. The molecule has 2 aliphatic heterocycles. The highest BCUT2D eigenvalue weighted by molar-refractivity contribution is 5.75. The molecule has 0 radical (unpaired) electrons. The molecule has 34 heavy (non-hydrogen) atoms. The van der Waals surface area contributed by atoms with Crippen LogP contribution < -0.4 is 10.2 Å². The number of nitrogens with one attached hydrogen (secondary N) is 1. The van der Waals surface area contributed by atoms with Gasteiger partial charge in [0.25, 0.3) is 0 Å². The van der Waals surface area contributed by atoms with Gasteiger partial charge in [-0.05, 0) is 32.3 Å². The number of hydrogen-bond donors (Lipinski definition) is 1. The van der Waals surface area contributed by atoms with Gasteiger partial charge in [-0.1, -0.05) is 30.3 Å². The summed E-state index contributed by atoms with van der Waals surface area (Å²) in [5.74, 6) is 0.248. The Bertz CT molecular complexity index is 947. The van der Waals surface area contributed by atoms with Crippen molar-refractivity contribution in [2.75, 3.05) is 31.1 Å². The van der Waals surface area contributed by atoms with Crippen LogP contribution in [-0.4, -0.2) is 70.1 Å². The number of carbonyl (C=O) groups is 1. The van der Waals surface area contributed by atoms with E-state index in [2.05, 4.69) is 32.3 Å². The molecule has 4 rings (SSSR count). The van der Waals surface area contributed by atoms with Crippen molar-refractivity contribution < 1.29 is 18.0 Å². The van der Waals surface area contributed by atoms with Crippen LogP contribution in [0.4, 0.5) is 23.9 Å². The lowest BCUT2D eigenvalue weighted by atomic mass is 10.0. The molecule has 2 amide bonds. The van der Waals surface area contributed by atoms with Crippen LogP contribution in [0.15, 0.2) is 42.7 Å². The molecule has 10 heteroatoms. The first-order chi connectivity index (χ1) is 16.2. The molecular formula is C24H31F3N6O. The minimum Gasteiger partial charge on any atom is -0.335 e. The van der Waals surface area contributed by atoms with Crippen LogP contribution in [0.5, 0.6) is 0 Å². The van der Waals surface area contributed by atoms with E-state index in [1.165, 1.54) is 5.56 Å². The van der Waals surface area contributed by atoms with Gasteiger partial charge in [0.2, 0.25) is 5.95 Å². The molecule has 0 spiro atoms. The number of urea groups is 1. The second-order valence-electron chi connectivity index (χ2n) is 9.26. The number of benzene rings is 1. The van der Waals surface area contributed by atoms with Gasteiger partial charge < -0.3 is 15.1 Å². The van der Waals surface area contributed by atoms with Crippen LogP contribution in [0.25, 0.3) is 0 Å². The highest BCUT2D eigenvalue weighted by Gasteiger charge is 2.36. The fourth-order valence-corrected chi connectivity index (χ4v) is 4.64. The van der Waals surface area contributed by atoms with E-state index >= 15 is 0 Å². The van der Waals surface area contributed by atoms with Crippen molar-refractivity contribution in [3.8, 4) is 0 Å². The fourth-order valence-electron chi connectivity index (χ4n) is 4.64. The number of likely N-dealkylation sites (tertiary alicyclic amines) is 1. The summed E-state index contributed by atoms with van der Waals surface area (Å²) in [7, 11) is 0. The van der Waals surface area contributed by atoms with E-state index in [-0.39, 0.29) is 30.1 Å². The maximum Gasteiger partial charge on any atom is 0.419 e. The molecule has 2 saturated heterocycles. The average Bonchev–Trinajstić information content (AvgIpc) is 2.82. The van der Waals surface area contributed by atoms with Crippen molar-refractivity contribution >= 4 is 12.0 Å². The molecule has 0 unspecified atom stereocenters. The number of nitrogens with zero attached hydrogens (tertiary/aromatic N) is 5. The summed E-state index contributed by atoms with van der Waals surface area (Å²) in [5, 5.41) is 3.19. The number of hydrogen-bond acceptors (Lipinski definition) is 5. The predicted molar refractivity (Wildman–Crippen MR) is 123 cm³/mol. The molecule has 184 valence electrons. The Morgan fingerprint density at radius 2 is 1.68 bits per heavy atom. The monoisotopic (exact) mass is 476 g/mol. The Morgan fingerprint density at radius 3 is 2.29 bits per heavy atom. The van der Waals surface area contributed by atoms with E-state index in [1.807, 2.05) is 41.8 Å². The number of halogens is 3. The smallest absolute Gasteiger partial charge is 0.335 e. The number of alkyl halides is 3. The topological polar surface area (TPSA) is 64.6 Å². The lowest BCUT2D eigenvalue weighted by Crippen LogP contribution is -2.61. The van der Waals surface area contributed by atoms with Gasteiger partial charge in [0.15, 0.2) is 0 Å². The molecule has 3 heterocycles. The minimum atomic E-state index is -4.47. The Kier molecular flexibility index (Phi) is 7.25. The maximum absolute atomic E-state index is 13.0. The summed E-state index contributed by atoms with van der Waals surface area (Å²) in [6, 6.07) is 10.2. The van der Waals surface area contributed by atoms with Crippen molar-refractivity contribution in [2.45, 2.75) is 57.5 Å². The molecule has 0 bridgehead atoms. The van der Waals surface area contributed by atoms with E-state index in [4.69, 9.17) is 0 Å². The summed E-state index contributed by atoms with van der Waals surface area (Å²) in [4.78, 5) is 26.9. The second kappa shape index (κ2) is 10.2. The van der Waals surface area contributed by atoms with Crippen LogP contribution in [0.2, 0.25) is 0 Å². The van der Waals surface area contributed by atoms with Gasteiger partial charge in [-0.15, -0.1) is 0 Å². The zero-order valence-corrected chi connectivity index (χ0v) is 19.5. The molecule has 1 aromatic carbocycles. The molecule has 1 N–H and O–H groups in total. The predicted octanol–water partition coefficient (Wildman–Crippen LogP) is 3.77. The van der Waals surface area contributed by atoms with Gasteiger partial charge in [0.1, 0.15) is 0 Å². The number of aromatic nitrogens is 2. The first-order valence-corrected chi connectivity index (χ1v) is 11.7. The van der Waals surface area contributed by atoms with E-state index in [1.54, 1.807) is 0 Å². The summed E-state index contributed by atoms with van der Waals surface area (Å²) in [6.07, 6.45) is -1.04. The fraction of sp³-hybridized carbons (Fsp3) is 0.542. The summed E-state index contributed by atoms with van der Waals surface area (Å²) >= 11 is 0. The average molecular weight is 477 g/mol. The molecule has 2 atom stereocenters. The van der Waals surface area contributed by atoms with Crippen molar-refractivity contribution in [1.29, 1.82) is 0 Å². The lowest BCUT2D eigenvalue weighted by Gasteiger charge is -2.44. The summed E-state index contributed by atoms with van der Waals surface area (Å²) in [5.41, 5.74) is 0.424. The molecule has 2 aliphatic rings. The van der Waals surface area contributed by atoms with Crippen molar-refractivity contribution in [1.82, 2.24) is 25.1 Å². The number of anilines is 1. The van der Waals surface area contributed by atoms with E-state index in [0.717, 1.165) is 44.9 Å². The lowest BCUT2D eigenvalue weighted by molar-refractivity contribution is -0.138. The van der Waals surface area contributed by atoms with Gasteiger partial charge in [0, 0.05) is 63.2 Å². The summed E-state index contributed by atoms with van der Waals surface area (Å²) < 4.78 is 38.4. The second-order valence-corrected chi connectivity index (χ2v) is 9.26. The highest BCUT2D eigenvalue weighted by atomic mass is 19.4. The molecule has 0 aliphatic carbocycles. The van der Waals surface area contributed by atoms with Gasteiger partial charge in [-0.3, -0.25) is 4.90 Å². The normalized spacial score (nSPS) is 22.6. The third-order valence-electron chi connectivity index (χ3n) is 6.63. The van der Waals surface area contributed by atoms with Crippen LogP contribution >= 0.6 is 0 Å². The Hall–Kier alpha value is -2.88. The van der Waals surface area contributed by atoms with E-state index in [0.29, 0.717) is 13.1 Å². The number of piperidine rings is 1. The van der Waals surface area contributed by atoms with Gasteiger partial charge in [-0.25, -0.2) is 14.8 Å². The SMILES string of the molecule is C[C@@H]1CN(C(=O)NC2CCN(Cc3ccccc3)CC2)[C@@H](C)CN1c1ncc(C(F)(F)F)cn1. The van der Waals surface area contributed by atoms with Crippen LogP contribution in [0.1, 0.15) is 37.8 Å². The van der Waals surface area contributed by atoms with Crippen LogP contribution in [-0.2, 0) is 12.7 Å². The largest absolute Gasteiger partial charge is 0.419 e. The first kappa shape index (κ1) is 24.3. The number of rotatable bonds is 4. The van der Waals surface area contributed by atoms with Crippen molar-refractivity contribution in [2.24, 2.45) is 0 Å². The molecular weight excluding hydrogens is 445 g/mol. The quantitative estimate of drug-likeness (QED) is 0.728. The van der Waals surface area contributed by atoms with Crippen LogP contribution in [0, 0.1) is 0 Å². The van der Waals surface area contributed by atoms with E-state index in [9.17, 15) is 18.0 Å². The number of amides is 2. The highest BCUT2D eigenvalue weighted by Crippen LogP contribution is 2.29. The van der Waals surface area contributed by atoms with Gasteiger partial charge >= 0.3 is 12.2 Å². The number of piperazine rings is 1. The number of carbonyl (C=O) groups excluding carboxylic acids is 1. The first-order valence-electron chi connectivity index (χ1n) is 11.7. The Morgan fingerprint density at radius 1 is 1.03 bits per heavy atom. The van der Waals surface area contributed by atoms with Crippen LogP contribution in [0.3, 0.4) is 0 Å². The van der Waals surface area contributed by atoms with Gasteiger partial charge in [0.05, 0.1) is 5.56 Å². The van der Waals surface area contributed by atoms with Crippen molar-refractivity contribution in [3.63, 3.8) is 0 Å². The third-order valence-corrected chi connectivity index (χ3v) is 6.63. The molecule has 7 nitrogen and oxygen atoms in total. The molecule has 0 saturated carbocycles. The molecule has 1 aromatic heterocycles. The zero-order valence-electron chi connectivity index (χ0n) is 19.5. The molecule has 2 aromatic rings. The maximum atomic E-state index is 13.0. The van der Waals surface area contributed by atoms with E-state index < -0.39 is 11.7 Å².